The van der Waals surface area contributed by atoms with Crippen LogP contribution in [0.25, 0.3) is 0 Å². The van der Waals surface area contributed by atoms with Crippen LogP contribution in [0.3, 0.4) is 0 Å². The van der Waals surface area contributed by atoms with Crippen molar-refractivity contribution >= 4 is 0 Å². The molecule has 1 aliphatic rings. The van der Waals surface area contributed by atoms with E-state index in [1.807, 2.05) is 19.0 Å². The van der Waals surface area contributed by atoms with Crippen LogP contribution in [-0.2, 0) is 4.74 Å². The summed E-state index contributed by atoms with van der Waals surface area (Å²) in [5, 5.41) is 0. The number of halogens is 1. The van der Waals surface area contributed by atoms with Crippen LogP contribution in [0.5, 0.6) is 0 Å². The third-order valence-electron chi connectivity index (χ3n) is 1.92. The summed E-state index contributed by atoms with van der Waals surface area (Å²) in [6, 6.07) is 0.0637. The molecule has 1 heterocycles. The van der Waals surface area contributed by atoms with Gasteiger partial charge in [-0.1, -0.05) is 0 Å². The molecular weight excluding hydrogens is 133 g/mol. The van der Waals surface area contributed by atoms with Gasteiger partial charge < -0.3 is 9.64 Å². The lowest BCUT2D eigenvalue weighted by molar-refractivity contribution is -0.0141. The Morgan fingerprint density at radius 2 is 2.20 bits per heavy atom. The summed E-state index contributed by atoms with van der Waals surface area (Å²) in [5.41, 5.74) is 0. The summed E-state index contributed by atoms with van der Waals surface area (Å²) in [7, 11) is 3.81. The van der Waals surface area contributed by atoms with E-state index >= 15 is 0 Å². The predicted molar refractivity (Wildman–Crippen MR) is 37.8 cm³/mol. The van der Waals surface area contributed by atoms with E-state index in [0.29, 0.717) is 6.61 Å². The molecule has 0 aromatic carbocycles. The lowest BCUT2D eigenvalue weighted by atomic mass is 10.1. The van der Waals surface area contributed by atoms with Gasteiger partial charge in [-0.05, 0) is 20.5 Å². The molecule has 0 saturated carbocycles. The van der Waals surface area contributed by atoms with Gasteiger partial charge in [-0.3, -0.25) is 0 Å². The van der Waals surface area contributed by atoms with E-state index in [2.05, 4.69) is 0 Å². The number of hydrogen-bond acceptors (Lipinski definition) is 2. The predicted octanol–water partition coefficient (Wildman–Crippen LogP) is 0.675. The van der Waals surface area contributed by atoms with Gasteiger partial charge >= 0.3 is 0 Å². The molecule has 10 heavy (non-hydrogen) atoms. The van der Waals surface area contributed by atoms with Gasteiger partial charge in [-0.2, -0.15) is 0 Å². The molecule has 0 aromatic heterocycles. The van der Waals surface area contributed by atoms with Crippen molar-refractivity contribution in [2.45, 2.75) is 18.6 Å². The van der Waals surface area contributed by atoms with E-state index in [1.165, 1.54) is 0 Å². The molecule has 1 rings (SSSR count). The highest BCUT2D eigenvalue weighted by atomic mass is 19.1. The summed E-state index contributed by atoms with van der Waals surface area (Å²) in [5.74, 6) is 0. The fourth-order valence-electron chi connectivity index (χ4n) is 1.27. The maximum Gasteiger partial charge on any atom is 0.139 e. The first kappa shape index (κ1) is 7.95. The molecule has 0 N–H and O–H groups in total. The monoisotopic (exact) mass is 147 g/mol. The summed E-state index contributed by atoms with van der Waals surface area (Å²) in [6.45, 7) is 0.964. The Kier molecular flexibility index (Phi) is 2.63. The van der Waals surface area contributed by atoms with Crippen molar-refractivity contribution in [2.75, 3.05) is 27.3 Å². The Morgan fingerprint density at radius 3 is 2.60 bits per heavy atom. The third-order valence-corrected chi connectivity index (χ3v) is 1.92. The van der Waals surface area contributed by atoms with Crippen LogP contribution in [0.15, 0.2) is 0 Å². The zero-order valence-electron chi connectivity index (χ0n) is 6.51. The maximum atomic E-state index is 12.9. The molecule has 2 unspecified atom stereocenters. The van der Waals surface area contributed by atoms with Gasteiger partial charge in [0.2, 0.25) is 0 Å². The summed E-state index contributed by atoms with van der Waals surface area (Å²) >= 11 is 0. The molecule has 2 atom stereocenters. The van der Waals surface area contributed by atoms with E-state index in [0.717, 1.165) is 6.42 Å². The number of alkyl halides is 1. The van der Waals surface area contributed by atoms with Crippen LogP contribution >= 0.6 is 0 Å². The van der Waals surface area contributed by atoms with Crippen LogP contribution < -0.4 is 0 Å². The van der Waals surface area contributed by atoms with Crippen molar-refractivity contribution in [3.8, 4) is 0 Å². The average Bonchev–Trinajstić information content (AvgIpc) is 1.88. The molecule has 0 aliphatic carbocycles. The summed E-state index contributed by atoms with van der Waals surface area (Å²) < 4.78 is 17.9. The van der Waals surface area contributed by atoms with Gasteiger partial charge in [-0.15, -0.1) is 0 Å². The van der Waals surface area contributed by atoms with Crippen LogP contribution in [-0.4, -0.2) is 44.4 Å². The Bertz CT molecular complexity index is 108. The minimum absolute atomic E-state index is 0.0637. The SMILES string of the molecule is CN(C)C1CCOCC1F. The smallest absolute Gasteiger partial charge is 0.139 e. The fraction of sp³-hybridized carbons (Fsp3) is 1.00. The van der Waals surface area contributed by atoms with Crippen molar-refractivity contribution in [3.63, 3.8) is 0 Å². The van der Waals surface area contributed by atoms with E-state index in [1.54, 1.807) is 0 Å². The lowest BCUT2D eigenvalue weighted by Gasteiger charge is -2.31. The van der Waals surface area contributed by atoms with E-state index in [9.17, 15) is 4.39 Å². The lowest BCUT2D eigenvalue weighted by Crippen LogP contribution is -2.43. The summed E-state index contributed by atoms with van der Waals surface area (Å²) in [6.07, 6.45) is 0.0116. The molecule has 2 nitrogen and oxygen atoms in total. The molecular formula is C7H14FNO. The molecule has 0 aromatic rings. The van der Waals surface area contributed by atoms with Crippen molar-refractivity contribution in [3.05, 3.63) is 0 Å². The Morgan fingerprint density at radius 1 is 1.50 bits per heavy atom. The Hall–Kier alpha value is -0.150. The minimum atomic E-state index is -0.802. The first-order chi connectivity index (χ1) is 4.72. The zero-order valence-corrected chi connectivity index (χ0v) is 6.51. The highest BCUT2D eigenvalue weighted by molar-refractivity contribution is 4.78. The van der Waals surface area contributed by atoms with E-state index in [-0.39, 0.29) is 12.6 Å². The average molecular weight is 147 g/mol. The van der Waals surface area contributed by atoms with Crippen molar-refractivity contribution in [1.82, 2.24) is 4.90 Å². The quantitative estimate of drug-likeness (QED) is 0.540. The standard InChI is InChI=1S/C7H14FNO/c1-9(2)7-3-4-10-5-6(7)8/h6-7H,3-5H2,1-2H3. The van der Waals surface area contributed by atoms with Crippen molar-refractivity contribution in [2.24, 2.45) is 0 Å². The van der Waals surface area contributed by atoms with Crippen LogP contribution in [0.1, 0.15) is 6.42 Å². The molecule has 0 radical (unpaired) electrons. The van der Waals surface area contributed by atoms with Crippen molar-refractivity contribution in [1.29, 1.82) is 0 Å². The first-order valence-electron chi connectivity index (χ1n) is 3.60. The number of hydrogen-bond donors (Lipinski definition) is 0. The Labute approximate surface area is 61.0 Å². The molecule has 1 saturated heterocycles. The number of ether oxygens (including phenoxy) is 1. The molecule has 0 spiro atoms. The number of rotatable bonds is 1. The van der Waals surface area contributed by atoms with Crippen LogP contribution in [0, 0.1) is 0 Å². The van der Waals surface area contributed by atoms with Crippen LogP contribution in [0.2, 0.25) is 0 Å². The zero-order chi connectivity index (χ0) is 7.56. The van der Waals surface area contributed by atoms with Gasteiger partial charge in [0.05, 0.1) is 6.61 Å². The van der Waals surface area contributed by atoms with Gasteiger partial charge in [-0.25, -0.2) is 4.39 Å². The second-order valence-corrected chi connectivity index (χ2v) is 2.91. The second kappa shape index (κ2) is 3.30. The highest BCUT2D eigenvalue weighted by Gasteiger charge is 2.26. The van der Waals surface area contributed by atoms with E-state index < -0.39 is 6.17 Å². The summed E-state index contributed by atoms with van der Waals surface area (Å²) in [4.78, 5) is 1.92. The van der Waals surface area contributed by atoms with Gasteiger partial charge in [0.15, 0.2) is 0 Å². The molecule has 1 fully saturated rings. The third kappa shape index (κ3) is 1.67. The Balaban J connectivity index is 2.40. The normalized spacial score (nSPS) is 34.8. The maximum absolute atomic E-state index is 12.9. The van der Waals surface area contributed by atoms with Crippen LogP contribution in [0.4, 0.5) is 4.39 Å². The first-order valence-corrected chi connectivity index (χ1v) is 3.60. The molecule has 60 valence electrons. The largest absolute Gasteiger partial charge is 0.378 e. The van der Waals surface area contributed by atoms with E-state index in [4.69, 9.17) is 4.74 Å². The molecule has 0 amide bonds. The number of nitrogens with zero attached hydrogens (tertiary/aromatic N) is 1. The highest BCUT2D eigenvalue weighted by Crippen LogP contribution is 2.14. The fourth-order valence-corrected chi connectivity index (χ4v) is 1.27. The molecule has 1 aliphatic heterocycles. The van der Waals surface area contributed by atoms with Gasteiger partial charge in [0.25, 0.3) is 0 Å². The second-order valence-electron chi connectivity index (χ2n) is 2.91. The minimum Gasteiger partial charge on any atom is -0.378 e. The molecule has 3 heteroatoms. The van der Waals surface area contributed by atoms with Crippen molar-refractivity contribution < 1.29 is 9.13 Å². The molecule has 0 bridgehead atoms. The topological polar surface area (TPSA) is 12.5 Å². The van der Waals surface area contributed by atoms with Gasteiger partial charge in [0.1, 0.15) is 6.17 Å². The van der Waals surface area contributed by atoms with Gasteiger partial charge in [0, 0.05) is 12.6 Å².